The highest BCUT2D eigenvalue weighted by atomic mass is 79.9. The summed E-state index contributed by atoms with van der Waals surface area (Å²) in [6.45, 7) is 0. The number of hydrogen-bond acceptors (Lipinski definition) is 2. The van der Waals surface area contributed by atoms with E-state index in [0.29, 0.717) is 6.04 Å². The van der Waals surface area contributed by atoms with Crippen molar-refractivity contribution in [2.45, 2.75) is 18.9 Å². The van der Waals surface area contributed by atoms with Crippen LogP contribution in [0.3, 0.4) is 0 Å². The zero-order chi connectivity index (χ0) is 13.0. The molecule has 0 saturated carbocycles. The second-order valence-electron chi connectivity index (χ2n) is 4.51. The molecule has 0 spiro atoms. The Morgan fingerprint density at radius 3 is 2.72 bits per heavy atom. The summed E-state index contributed by atoms with van der Waals surface area (Å²) in [4.78, 5) is 0. The highest BCUT2D eigenvalue weighted by molar-refractivity contribution is 9.10. The van der Waals surface area contributed by atoms with Crippen molar-refractivity contribution in [1.82, 2.24) is 15.1 Å². The van der Waals surface area contributed by atoms with Crippen LogP contribution in [0.1, 0.15) is 11.1 Å². The molecule has 1 N–H and O–H groups in total. The minimum atomic E-state index is 0.424. The average molecular weight is 308 g/mol. The molecule has 0 aliphatic heterocycles. The van der Waals surface area contributed by atoms with E-state index in [1.54, 1.807) is 0 Å². The monoisotopic (exact) mass is 307 g/mol. The van der Waals surface area contributed by atoms with Gasteiger partial charge in [-0.1, -0.05) is 34.1 Å². The van der Waals surface area contributed by atoms with Crippen LogP contribution in [0.15, 0.2) is 41.1 Å². The van der Waals surface area contributed by atoms with Crippen LogP contribution in [0.25, 0.3) is 0 Å². The molecular weight excluding hydrogens is 290 g/mol. The summed E-state index contributed by atoms with van der Waals surface area (Å²) in [6, 6.07) is 8.80. The molecule has 2 rings (SSSR count). The quantitative estimate of drug-likeness (QED) is 0.920. The van der Waals surface area contributed by atoms with Crippen LogP contribution in [-0.4, -0.2) is 22.9 Å². The lowest BCUT2D eigenvalue weighted by molar-refractivity contribution is 0.555. The zero-order valence-electron chi connectivity index (χ0n) is 10.7. The number of likely N-dealkylation sites (N-methyl/N-ethyl adjacent to an activating group) is 1. The molecule has 1 unspecified atom stereocenters. The molecule has 18 heavy (non-hydrogen) atoms. The molecule has 1 atom stereocenters. The largest absolute Gasteiger partial charge is 0.316 e. The van der Waals surface area contributed by atoms with E-state index >= 15 is 0 Å². The number of aryl methyl sites for hydroxylation is 1. The average Bonchev–Trinajstić information content (AvgIpc) is 2.76. The molecule has 0 aliphatic carbocycles. The lowest BCUT2D eigenvalue weighted by Gasteiger charge is -2.16. The normalized spacial score (nSPS) is 12.6. The van der Waals surface area contributed by atoms with Gasteiger partial charge in [0.05, 0.1) is 6.20 Å². The molecule has 0 fully saturated rings. The van der Waals surface area contributed by atoms with Gasteiger partial charge < -0.3 is 5.32 Å². The van der Waals surface area contributed by atoms with Crippen molar-refractivity contribution in [3.8, 4) is 0 Å². The molecule has 3 nitrogen and oxygen atoms in total. The fourth-order valence-corrected chi connectivity index (χ4v) is 2.51. The predicted octanol–water partition coefficient (Wildman–Crippen LogP) is 2.56. The van der Waals surface area contributed by atoms with Crippen LogP contribution >= 0.6 is 15.9 Å². The molecule has 1 heterocycles. The van der Waals surface area contributed by atoms with Crippen molar-refractivity contribution >= 4 is 15.9 Å². The van der Waals surface area contributed by atoms with E-state index in [2.05, 4.69) is 50.7 Å². The Hall–Kier alpha value is -1.13. The molecule has 0 saturated heterocycles. The van der Waals surface area contributed by atoms with E-state index in [4.69, 9.17) is 0 Å². The summed E-state index contributed by atoms with van der Waals surface area (Å²) in [5, 5.41) is 7.59. The van der Waals surface area contributed by atoms with Crippen LogP contribution in [0, 0.1) is 0 Å². The van der Waals surface area contributed by atoms with E-state index in [-0.39, 0.29) is 0 Å². The summed E-state index contributed by atoms with van der Waals surface area (Å²) in [5.41, 5.74) is 2.60. The van der Waals surface area contributed by atoms with Crippen LogP contribution < -0.4 is 5.32 Å². The summed E-state index contributed by atoms with van der Waals surface area (Å²) >= 11 is 3.60. The first-order valence-corrected chi connectivity index (χ1v) is 6.86. The Labute approximate surface area is 116 Å². The Morgan fingerprint density at radius 2 is 2.11 bits per heavy atom. The smallest absolute Gasteiger partial charge is 0.0522 e. The molecule has 4 heteroatoms. The Balaban J connectivity index is 2.04. The van der Waals surface area contributed by atoms with E-state index in [0.717, 1.165) is 12.8 Å². The van der Waals surface area contributed by atoms with Crippen LogP contribution in [0.2, 0.25) is 0 Å². The summed E-state index contributed by atoms with van der Waals surface area (Å²) in [5.74, 6) is 0. The van der Waals surface area contributed by atoms with Gasteiger partial charge >= 0.3 is 0 Å². The third kappa shape index (κ3) is 3.43. The summed E-state index contributed by atoms with van der Waals surface area (Å²) in [6.07, 6.45) is 6.01. The van der Waals surface area contributed by atoms with E-state index < -0.39 is 0 Å². The van der Waals surface area contributed by atoms with Crippen LogP contribution in [0.4, 0.5) is 0 Å². The second kappa shape index (κ2) is 6.16. The maximum atomic E-state index is 4.21. The standard InChI is InChI=1S/C14H18BrN3/c1-16-13(7-11-9-17-18(2)10-11)8-12-5-3-4-6-14(12)15/h3-6,9-10,13,16H,7-8H2,1-2H3. The molecule has 0 aliphatic rings. The van der Waals surface area contributed by atoms with Crippen molar-refractivity contribution in [2.75, 3.05) is 7.05 Å². The van der Waals surface area contributed by atoms with Crippen LogP contribution in [-0.2, 0) is 19.9 Å². The van der Waals surface area contributed by atoms with Gasteiger partial charge in [-0.25, -0.2) is 0 Å². The molecule has 0 amide bonds. The highest BCUT2D eigenvalue weighted by Crippen LogP contribution is 2.18. The molecule has 1 aromatic heterocycles. The molecule has 1 aromatic carbocycles. The number of halogens is 1. The zero-order valence-corrected chi connectivity index (χ0v) is 12.3. The molecular formula is C14H18BrN3. The van der Waals surface area contributed by atoms with Gasteiger partial charge in [-0.3, -0.25) is 4.68 Å². The Kier molecular flexibility index (Phi) is 4.55. The minimum Gasteiger partial charge on any atom is -0.316 e. The number of rotatable bonds is 5. The van der Waals surface area contributed by atoms with Crippen molar-refractivity contribution < 1.29 is 0 Å². The lowest BCUT2D eigenvalue weighted by atomic mass is 10.0. The van der Waals surface area contributed by atoms with Gasteiger partial charge in [-0.15, -0.1) is 0 Å². The number of nitrogens with zero attached hydrogens (tertiary/aromatic N) is 2. The number of hydrogen-bond donors (Lipinski definition) is 1. The van der Waals surface area contributed by atoms with Crippen LogP contribution in [0.5, 0.6) is 0 Å². The third-order valence-electron chi connectivity index (χ3n) is 3.07. The fourth-order valence-electron chi connectivity index (χ4n) is 2.07. The molecule has 2 aromatic rings. The van der Waals surface area contributed by atoms with Crippen molar-refractivity contribution in [3.05, 3.63) is 52.3 Å². The van der Waals surface area contributed by atoms with Gasteiger partial charge in [0, 0.05) is 23.8 Å². The van der Waals surface area contributed by atoms with Gasteiger partial charge in [0.1, 0.15) is 0 Å². The minimum absolute atomic E-state index is 0.424. The van der Waals surface area contributed by atoms with Gasteiger partial charge in [-0.2, -0.15) is 5.10 Å². The molecule has 96 valence electrons. The summed E-state index contributed by atoms with van der Waals surface area (Å²) in [7, 11) is 3.96. The van der Waals surface area contributed by atoms with Crippen molar-refractivity contribution in [1.29, 1.82) is 0 Å². The number of nitrogens with one attached hydrogen (secondary N) is 1. The van der Waals surface area contributed by atoms with Gasteiger partial charge in [0.25, 0.3) is 0 Å². The highest BCUT2D eigenvalue weighted by Gasteiger charge is 2.11. The molecule has 0 bridgehead atoms. The number of benzene rings is 1. The third-order valence-corrected chi connectivity index (χ3v) is 3.85. The van der Waals surface area contributed by atoms with Gasteiger partial charge in [-0.05, 0) is 37.1 Å². The van der Waals surface area contributed by atoms with Gasteiger partial charge in [0.2, 0.25) is 0 Å². The maximum absolute atomic E-state index is 4.21. The van der Waals surface area contributed by atoms with Gasteiger partial charge in [0.15, 0.2) is 0 Å². The first-order chi connectivity index (χ1) is 8.69. The Morgan fingerprint density at radius 1 is 1.33 bits per heavy atom. The van der Waals surface area contributed by atoms with E-state index in [1.807, 2.05) is 31.0 Å². The second-order valence-corrected chi connectivity index (χ2v) is 5.36. The predicted molar refractivity (Wildman–Crippen MR) is 77.6 cm³/mol. The van der Waals surface area contributed by atoms with Crippen molar-refractivity contribution in [2.24, 2.45) is 7.05 Å². The van der Waals surface area contributed by atoms with E-state index in [1.165, 1.54) is 15.6 Å². The summed E-state index contributed by atoms with van der Waals surface area (Å²) < 4.78 is 3.02. The first-order valence-electron chi connectivity index (χ1n) is 6.07. The Bertz CT molecular complexity index is 507. The first kappa shape index (κ1) is 13.3. The lowest BCUT2D eigenvalue weighted by Crippen LogP contribution is -2.29. The molecule has 0 radical (unpaired) electrons. The van der Waals surface area contributed by atoms with E-state index in [9.17, 15) is 0 Å². The maximum Gasteiger partial charge on any atom is 0.0522 e. The topological polar surface area (TPSA) is 29.9 Å². The number of aromatic nitrogens is 2. The SMILES string of the molecule is CNC(Cc1cnn(C)c1)Cc1ccccc1Br. The van der Waals surface area contributed by atoms with Crippen molar-refractivity contribution in [3.63, 3.8) is 0 Å². The fraction of sp³-hybridized carbons (Fsp3) is 0.357.